The van der Waals surface area contributed by atoms with Crippen molar-refractivity contribution >= 4 is 6.09 Å². The van der Waals surface area contributed by atoms with Gasteiger partial charge in [-0.3, -0.25) is 4.90 Å². The second-order valence-electron chi connectivity index (χ2n) is 6.92. The summed E-state index contributed by atoms with van der Waals surface area (Å²) in [5, 5.41) is 3.40. The predicted octanol–water partition coefficient (Wildman–Crippen LogP) is 0.278. The quantitative estimate of drug-likeness (QED) is 0.692. The number of likely N-dealkylation sites (tertiary alicyclic amines) is 1. The highest BCUT2D eigenvalue weighted by Gasteiger charge is 2.46. The Morgan fingerprint density at radius 3 is 2.90 bits per heavy atom. The highest BCUT2D eigenvalue weighted by Crippen LogP contribution is 2.27. The lowest BCUT2D eigenvalue weighted by molar-refractivity contribution is -0.0890. The first-order chi connectivity index (χ1) is 9.44. The number of morpholine rings is 1. The summed E-state index contributed by atoms with van der Waals surface area (Å²) in [5.74, 6) is 0. The van der Waals surface area contributed by atoms with Crippen LogP contribution in [0.4, 0.5) is 4.79 Å². The molecule has 3 unspecified atom stereocenters. The number of hydrogen-bond donors (Lipinski definition) is 1. The van der Waals surface area contributed by atoms with E-state index in [1.807, 2.05) is 20.8 Å². The van der Waals surface area contributed by atoms with Gasteiger partial charge in [0.05, 0.1) is 25.3 Å². The van der Waals surface area contributed by atoms with Crippen LogP contribution in [0.15, 0.2) is 0 Å². The summed E-state index contributed by atoms with van der Waals surface area (Å²) >= 11 is 0. The van der Waals surface area contributed by atoms with Gasteiger partial charge in [0.2, 0.25) is 0 Å². The van der Waals surface area contributed by atoms with Crippen molar-refractivity contribution < 1.29 is 14.3 Å². The molecule has 3 saturated heterocycles. The molecule has 0 radical (unpaired) electrons. The minimum atomic E-state index is -0.441. The molecule has 1 amide bonds. The number of amides is 1. The molecule has 0 aromatic carbocycles. The molecule has 3 fully saturated rings. The fourth-order valence-electron chi connectivity index (χ4n) is 3.32. The van der Waals surface area contributed by atoms with Crippen molar-refractivity contribution in [1.29, 1.82) is 0 Å². The van der Waals surface area contributed by atoms with Crippen LogP contribution in [0.5, 0.6) is 0 Å². The van der Waals surface area contributed by atoms with Crippen molar-refractivity contribution in [3.8, 4) is 0 Å². The molecule has 3 atom stereocenters. The lowest BCUT2D eigenvalue weighted by Gasteiger charge is -2.45. The van der Waals surface area contributed by atoms with Gasteiger partial charge in [-0.15, -0.1) is 0 Å². The average molecular weight is 283 g/mol. The third-order valence-corrected chi connectivity index (χ3v) is 4.21. The van der Waals surface area contributed by atoms with Gasteiger partial charge in [0.25, 0.3) is 0 Å². The maximum Gasteiger partial charge on any atom is 0.410 e. The van der Waals surface area contributed by atoms with Crippen LogP contribution in [-0.2, 0) is 9.47 Å². The topological polar surface area (TPSA) is 54.0 Å². The van der Waals surface area contributed by atoms with Gasteiger partial charge in [0.1, 0.15) is 5.60 Å². The first-order valence-corrected chi connectivity index (χ1v) is 7.50. The Morgan fingerprint density at radius 2 is 2.15 bits per heavy atom. The maximum atomic E-state index is 12.2. The van der Waals surface area contributed by atoms with Gasteiger partial charge in [0, 0.05) is 32.2 Å². The molecule has 3 rings (SSSR count). The minimum absolute atomic E-state index is 0.136. The van der Waals surface area contributed by atoms with E-state index in [0.717, 1.165) is 32.8 Å². The van der Waals surface area contributed by atoms with E-state index in [4.69, 9.17) is 9.47 Å². The summed E-state index contributed by atoms with van der Waals surface area (Å²) in [6, 6.07) is 0.770. The maximum absolute atomic E-state index is 12.2. The minimum Gasteiger partial charge on any atom is -0.444 e. The standard InChI is InChI=1S/C14H25N3O3/c1-14(2,3)20-13(18)16-7-11-12(8-16)19-9-10-6-15-4-5-17(10)11/h10-12,15H,4-9H2,1-3H3. The number of nitrogens with zero attached hydrogens (tertiary/aromatic N) is 2. The predicted molar refractivity (Wildman–Crippen MR) is 74.7 cm³/mol. The van der Waals surface area contributed by atoms with E-state index in [9.17, 15) is 4.79 Å². The number of carbonyl (C=O) groups is 1. The van der Waals surface area contributed by atoms with Crippen LogP contribution in [0.2, 0.25) is 0 Å². The van der Waals surface area contributed by atoms with Gasteiger partial charge in [-0.25, -0.2) is 4.79 Å². The SMILES string of the molecule is CC(C)(C)OC(=O)N1CC2OCC3CNCCN3C2C1. The Labute approximate surface area is 120 Å². The second-order valence-corrected chi connectivity index (χ2v) is 6.92. The molecule has 0 bridgehead atoms. The van der Waals surface area contributed by atoms with Crippen LogP contribution in [0.1, 0.15) is 20.8 Å². The summed E-state index contributed by atoms with van der Waals surface area (Å²) in [6.07, 6.45) is -0.0842. The lowest BCUT2D eigenvalue weighted by atomic mass is 10.0. The van der Waals surface area contributed by atoms with Crippen LogP contribution in [0, 0.1) is 0 Å². The Kier molecular flexibility index (Phi) is 3.64. The van der Waals surface area contributed by atoms with Gasteiger partial charge in [0.15, 0.2) is 0 Å². The van der Waals surface area contributed by atoms with Crippen molar-refractivity contribution in [2.24, 2.45) is 0 Å². The number of carbonyl (C=O) groups excluding carboxylic acids is 1. The molecule has 3 heterocycles. The molecular formula is C14H25N3O3. The van der Waals surface area contributed by atoms with Crippen molar-refractivity contribution in [2.75, 3.05) is 39.3 Å². The van der Waals surface area contributed by atoms with Crippen LogP contribution < -0.4 is 5.32 Å². The fourth-order valence-corrected chi connectivity index (χ4v) is 3.32. The Morgan fingerprint density at radius 1 is 1.35 bits per heavy atom. The third-order valence-electron chi connectivity index (χ3n) is 4.21. The molecule has 3 aliphatic rings. The Hall–Kier alpha value is -0.850. The number of fused-ring (bicyclic) bond motifs is 3. The zero-order valence-electron chi connectivity index (χ0n) is 12.6. The Bertz CT molecular complexity index is 382. The van der Waals surface area contributed by atoms with Crippen molar-refractivity contribution in [3.63, 3.8) is 0 Å². The number of piperazine rings is 1. The summed E-state index contributed by atoms with van der Waals surface area (Å²) in [6.45, 7) is 10.9. The first-order valence-electron chi connectivity index (χ1n) is 7.50. The number of nitrogens with one attached hydrogen (secondary N) is 1. The molecule has 3 aliphatic heterocycles. The summed E-state index contributed by atoms with van der Waals surface area (Å²) in [5.41, 5.74) is -0.441. The molecule has 20 heavy (non-hydrogen) atoms. The monoisotopic (exact) mass is 283 g/mol. The molecule has 0 aromatic heterocycles. The number of hydrogen-bond acceptors (Lipinski definition) is 5. The summed E-state index contributed by atoms with van der Waals surface area (Å²) in [7, 11) is 0. The van der Waals surface area contributed by atoms with Gasteiger partial charge in [-0.1, -0.05) is 0 Å². The number of rotatable bonds is 0. The molecule has 6 nitrogen and oxygen atoms in total. The lowest BCUT2D eigenvalue weighted by Crippen LogP contribution is -2.63. The molecule has 6 heteroatoms. The first kappa shape index (κ1) is 14.1. The van der Waals surface area contributed by atoms with Crippen molar-refractivity contribution in [2.45, 2.75) is 44.6 Å². The molecule has 1 N–H and O–H groups in total. The van der Waals surface area contributed by atoms with E-state index >= 15 is 0 Å². The van der Waals surface area contributed by atoms with Crippen molar-refractivity contribution in [1.82, 2.24) is 15.1 Å². The van der Waals surface area contributed by atoms with Crippen LogP contribution >= 0.6 is 0 Å². The fraction of sp³-hybridized carbons (Fsp3) is 0.929. The van der Waals surface area contributed by atoms with Gasteiger partial charge in [-0.2, -0.15) is 0 Å². The molecule has 114 valence electrons. The van der Waals surface area contributed by atoms with Gasteiger partial charge in [-0.05, 0) is 20.8 Å². The Balaban J connectivity index is 1.64. The van der Waals surface area contributed by atoms with Gasteiger partial charge < -0.3 is 19.7 Å². The van der Waals surface area contributed by atoms with Crippen LogP contribution in [0.25, 0.3) is 0 Å². The zero-order valence-corrected chi connectivity index (χ0v) is 12.6. The van der Waals surface area contributed by atoms with E-state index in [1.165, 1.54) is 0 Å². The van der Waals surface area contributed by atoms with Gasteiger partial charge >= 0.3 is 6.09 Å². The zero-order chi connectivity index (χ0) is 14.3. The van der Waals surface area contributed by atoms with E-state index < -0.39 is 5.60 Å². The van der Waals surface area contributed by atoms with Crippen LogP contribution in [0.3, 0.4) is 0 Å². The van der Waals surface area contributed by atoms with Crippen LogP contribution in [-0.4, -0.2) is 79.0 Å². The van der Waals surface area contributed by atoms with E-state index in [-0.39, 0.29) is 12.2 Å². The largest absolute Gasteiger partial charge is 0.444 e. The average Bonchev–Trinajstić information content (AvgIpc) is 2.81. The molecule has 0 aliphatic carbocycles. The van der Waals surface area contributed by atoms with E-state index in [1.54, 1.807) is 4.90 Å². The molecule has 0 aromatic rings. The highest BCUT2D eigenvalue weighted by molar-refractivity contribution is 5.68. The second kappa shape index (κ2) is 5.16. The molecule has 0 saturated carbocycles. The van der Waals surface area contributed by atoms with E-state index in [0.29, 0.717) is 18.6 Å². The number of ether oxygens (including phenoxy) is 2. The summed E-state index contributed by atoms with van der Waals surface area (Å²) < 4.78 is 11.4. The highest BCUT2D eigenvalue weighted by atomic mass is 16.6. The summed E-state index contributed by atoms with van der Waals surface area (Å²) in [4.78, 5) is 16.5. The smallest absolute Gasteiger partial charge is 0.410 e. The van der Waals surface area contributed by atoms with E-state index in [2.05, 4.69) is 10.2 Å². The molecule has 0 spiro atoms. The third kappa shape index (κ3) is 2.77. The normalized spacial score (nSPS) is 34.5. The molecular weight excluding hydrogens is 258 g/mol. The van der Waals surface area contributed by atoms with Crippen molar-refractivity contribution in [3.05, 3.63) is 0 Å².